The lowest BCUT2D eigenvalue weighted by Gasteiger charge is -2.05. The van der Waals surface area contributed by atoms with Gasteiger partial charge in [0.25, 0.3) is 0 Å². The minimum absolute atomic E-state index is 0.229. The largest absolute Gasteiger partial charge is 0.477 e. The number of carboxylic acids is 1. The summed E-state index contributed by atoms with van der Waals surface area (Å²) in [5.41, 5.74) is 2.52. The predicted octanol–water partition coefficient (Wildman–Crippen LogP) is 3.34. The third-order valence-electron chi connectivity index (χ3n) is 3.51. The van der Waals surface area contributed by atoms with Gasteiger partial charge < -0.3 is 5.11 Å². The van der Waals surface area contributed by atoms with Gasteiger partial charge in [-0.1, -0.05) is 36.4 Å². The van der Waals surface area contributed by atoms with Crippen LogP contribution in [0.4, 0.5) is 0 Å². The Morgan fingerprint density at radius 2 is 1.80 bits per heavy atom. The first-order valence-corrected chi connectivity index (χ1v) is 6.28. The number of nitrogens with zero attached hydrogens (tertiary/aromatic N) is 2. The molecule has 2 aromatic heterocycles. The van der Waals surface area contributed by atoms with Crippen LogP contribution in [0.25, 0.3) is 27.5 Å². The zero-order valence-electron chi connectivity index (χ0n) is 10.4. The van der Waals surface area contributed by atoms with E-state index in [1.165, 1.54) is 0 Å². The Morgan fingerprint density at radius 3 is 2.65 bits per heavy atom. The van der Waals surface area contributed by atoms with Crippen LogP contribution in [0.1, 0.15) is 10.5 Å². The molecule has 0 fully saturated rings. The van der Waals surface area contributed by atoms with Gasteiger partial charge >= 0.3 is 5.97 Å². The second kappa shape index (κ2) is 3.81. The number of carboxylic acid groups (broad SMARTS) is 1. The van der Waals surface area contributed by atoms with E-state index in [2.05, 4.69) is 4.98 Å². The Hall–Kier alpha value is -2.88. The lowest BCUT2D eigenvalue weighted by molar-refractivity contribution is 0.0689. The summed E-state index contributed by atoms with van der Waals surface area (Å²) in [4.78, 5) is 16.1. The van der Waals surface area contributed by atoms with Crippen molar-refractivity contribution in [3.63, 3.8) is 0 Å². The first-order chi connectivity index (χ1) is 9.75. The molecule has 0 saturated carbocycles. The normalized spacial score (nSPS) is 11.4. The summed E-state index contributed by atoms with van der Waals surface area (Å²) in [5.74, 6) is -0.955. The van der Waals surface area contributed by atoms with E-state index >= 15 is 0 Å². The summed E-state index contributed by atoms with van der Waals surface area (Å²) in [7, 11) is 0. The maximum atomic E-state index is 11.6. The molecule has 0 aliphatic rings. The maximum Gasteiger partial charge on any atom is 0.352 e. The SMILES string of the molecule is O=C(O)c1cc2ccccc2c2nc3ccccc3n12. The van der Waals surface area contributed by atoms with Gasteiger partial charge in [0, 0.05) is 5.39 Å². The maximum absolute atomic E-state index is 11.6. The first kappa shape index (κ1) is 11.0. The van der Waals surface area contributed by atoms with Gasteiger partial charge in [-0.05, 0) is 23.6 Å². The number of rotatable bonds is 1. The number of aromatic nitrogens is 2. The summed E-state index contributed by atoms with van der Waals surface area (Å²) in [6, 6.07) is 16.9. The van der Waals surface area contributed by atoms with Crippen LogP contribution in [0.2, 0.25) is 0 Å². The Morgan fingerprint density at radius 1 is 1.05 bits per heavy atom. The Balaban J connectivity index is 2.36. The molecule has 0 spiro atoms. The van der Waals surface area contributed by atoms with Crippen molar-refractivity contribution >= 4 is 33.4 Å². The Bertz CT molecular complexity index is 986. The molecule has 0 radical (unpaired) electrons. The first-order valence-electron chi connectivity index (χ1n) is 6.28. The molecule has 2 aromatic carbocycles. The highest BCUT2D eigenvalue weighted by Crippen LogP contribution is 2.26. The predicted molar refractivity (Wildman–Crippen MR) is 77.2 cm³/mol. The molecular formula is C16H10N2O2. The second-order valence-corrected chi connectivity index (χ2v) is 4.68. The average molecular weight is 262 g/mol. The highest BCUT2D eigenvalue weighted by atomic mass is 16.4. The van der Waals surface area contributed by atoms with Gasteiger partial charge in [0.2, 0.25) is 0 Å². The van der Waals surface area contributed by atoms with Crippen LogP contribution in [0.15, 0.2) is 54.6 Å². The van der Waals surface area contributed by atoms with E-state index in [0.717, 1.165) is 21.8 Å². The lowest BCUT2D eigenvalue weighted by atomic mass is 10.1. The van der Waals surface area contributed by atoms with Crippen LogP contribution < -0.4 is 0 Å². The molecule has 4 heteroatoms. The molecule has 0 aliphatic carbocycles. The molecule has 4 aromatic rings. The smallest absolute Gasteiger partial charge is 0.352 e. The van der Waals surface area contributed by atoms with Gasteiger partial charge in [-0.2, -0.15) is 0 Å². The fourth-order valence-electron chi connectivity index (χ4n) is 2.65. The number of carbonyl (C=O) groups is 1. The highest BCUT2D eigenvalue weighted by Gasteiger charge is 2.15. The third-order valence-corrected chi connectivity index (χ3v) is 3.51. The van der Waals surface area contributed by atoms with Gasteiger partial charge in [0.05, 0.1) is 11.0 Å². The Kier molecular flexibility index (Phi) is 2.09. The quantitative estimate of drug-likeness (QED) is 0.572. The summed E-state index contributed by atoms with van der Waals surface area (Å²) in [5, 5.41) is 11.3. The number of pyridine rings is 1. The molecule has 0 amide bonds. The number of para-hydroxylation sites is 2. The van der Waals surface area contributed by atoms with Gasteiger partial charge in [-0.3, -0.25) is 4.40 Å². The van der Waals surface area contributed by atoms with Gasteiger partial charge in [0.15, 0.2) is 0 Å². The van der Waals surface area contributed by atoms with Crippen molar-refractivity contribution in [3.8, 4) is 0 Å². The lowest BCUT2D eigenvalue weighted by Crippen LogP contribution is -2.05. The molecule has 1 N–H and O–H groups in total. The minimum Gasteiger partial charge on any atom is -0.477 e. The standard InChI is InChI=1S/C16H10N2O2/c19-16(20)14-9-10-5-1-2-6-11(10)15-17-12-7-3-4-8-13(12)18(14)15/h1-9H,(H,19,20). The molecule has 0 unspecified atom stereocenters. The van der Waals surface area contributed by atoms with Crippen LogP contribution >= 0.6 is 0 Å². The second-order valence-electron chi connectivity index (χ2n) is 4.68. The van der Waals surface area contributed by atoms with Crippen molar-refractivity contribution in [2.45, 2.75) is 0 Å². The summed E-state index contributed by atoms with van der Waals surface area (Å²) in [6.45, 7) is 0. The van der Waals surface area contributed by atoms with Crippen LogP contribution in [0.5, 0.6) is 0 Å². The summed E-state index contributed by atoms with van der Waals surface area (Å²) >= 11 is 0. The van der Waals surface area contributed by atoms with Crippen LogP contribution in [-0.2, 0) is 0 Å². The molecule has 0 saturated heterocycles. The van der Waals surface area contributed by atoms with Crippen LogP contribution in [0.3, 0.4) is 0 Å². The molecular weight excluding hydrogens is 252 g/mol. The van der Waals surface area contributed by atoms with E-state index in [9.17, 15) is 9.90 Å². The van der Waals surface area contributed by atoms with Crippen molar-refractivity contribution in [1.29, 1.82) is 0 Å². The summed E-state index contributed by atoms with van der Waals surface area (Å²) in [6.07, 6.45) is 0. The fourth-order valence-corrected chi connectivity index (χ4v) is 2.65. The van der Waals surface area contributed by atoms with Crippen molar-refractivity contribution in [2.24, 2.45) is 0 Å². The minimum atomic E-state index is -0.955. The molecule has 96 valence electrons. The Labute approximate surface area is 113 Å². The zero-order valence-corrected chi connectivity index (χ0v) is 10.4. The van der Waals surface area contributed by atoms with Gasteiger partial charge in [-0.15, -0.1) is 0 Å². The molecule has 2 heterocycles. The summed E-state index contributed by atoms with van der Waals surface area (Å²) < 4.78 is 1.71. The number of hydrogen-bond donors (Lipinski definition) is 1. The molecule has 4 rings (SSSR count). The number of aromatic carboxylic acids is 1. The van der Waals surface area contributed by atoms with Gasteiger partial charge in [0.1, 0.15) is 11.3 Å². The number of fused-ring (bicyclic) bond motifs is 5. The molecule has 0 bridgehead atoms. The van der Waals surface area contributed by atoms with Crippen LogP contribution in [0, 0.1) is 0 Å². The van der Waals surface area contributed by atoms with E-state index in [1.54, 1.807) is 10.5 Å². The molecule has 0 aliphatic heterocycles. The number of imidazole rings is 1. The molecule has 0 atom stereocenters. The number of benzene rings is 2. The fraction of sp³-hybridized carbons (Fsp3) is 0. The van der Waals surface area contributed by atoms with E-state index in [4.69, 9.17) is 0 Å². The van der Waals surface area contributed by atoms with Crippen LogP contribution in [-0.4, -0.2) is 20.5 Å². The van der Waals surface area contributed by atoms with Crippen molar-refractivity contribution in [3.05, 3.63) is 60.3 Å². The van der Waals surface area contributed by atoms with Gasteiger partial charge in [-0.25, -0.2) is 9.78 Å². The zero-order chi connectivity index (χ0) is 13.7. The number of hydrogen-bond acceptors (Lipinski definition) is 2. The average Bonchev–Trinajstić information content (AvgIpc) is 2.86. The van der Waals surface area contributed by atoms with E-state index in [-0.39, 0.29) is 5.69 Å². The highest BCUT2D eigenvalue weighted by molar-refractivity contribution is 6.03. The van der Waals surface area contributed by atoms with Crippen molar-refractivity contribution < 1.29 is 9.90 Å². The van der Waals surface area contributed by atoms with E-state index < -0.39 is 5.97 Å². The van der Waals surface area contributed by atoms with Crippen molar-refractivity contribution in [2.75, 3.05) is 0 Å². The topological polar surface area (TPSA) is 54.6 Å². The monoisotopic (exact) mass is 262 g/mol. The molecule has 20 heavy (non-hydrogen) atoms. The van der Waals surface area contributed by atoms with E-state index in [1.807, 2.05) is 48.5 Å². The molecule has 4 nitrogen and oxygen atoms in total. The van der Waals surface area contributed by atoms with E-state index in [0.29, 0.717) is 5.65 Å². The third kappa shape index (κ3) is 1.36. The van der Waals surface area contributed by atoms with Crippen molar-refractivity contribution in [1.82, 2.24) is 9.38 Å².